The molecule has 0 saturated carbocycles. The summed E-state index contributed by atoms with van der Waals surface area (Å²) in [5.74, 6) is -0.491. The van der Waals surface area contributed by atoms with Gasteiger partial charge in [-0.2, -0.15) is 5.10 Å². The van der Waals surface area contributed by atoms with E-state index in [9.17, 15) is 9.18 Å². The van der Waals surface area contributed by atoms with E-state index in [2.05, 4.69) is 25.5 Å². The van der Waals surface area contributed by atoms with Crippen molar-refractivity contribution in [1.29, 1.82) is 0 Å². The summed E-state index contributed by atoms with van der Waals surface area (Å²) in [6.07, 6.45) is 6.93. The molecule has 212 valence electrons. The van der Waals surface area contributed by atoms with Gasteiger partial charge in [0.2, 0.25) is 0 Å². The topological polar surface area (TPSA) is 112 Å². The summed E-state index contributed by atoms with van der Waals surface area (Å²) in [4.78, 5) is 21.0. The Bertz CT molecular complexity index is 2050. The standard InChI is InChI=1S/C35H29FN6O/c1-21(2)15-27(39-35(43)23-7-4-3-5-8-23)16-24(19-37)25-17-30-33(41-42-34(30)38-20-25)32-18-29-28(9-6-10-31(29)40-32)22-11-13-26(36)14-12-22/h3-20,40H,37H2,1-2H3,(H,39,43)(H,38,41,42)/b24-19+,27-16+. The number of aromatic amines is 2. The van der Waals surface area contributed by atoms with E-state index in [0.29, 0.717) is 28.2 Å². The van der Waals surface area contributed by atoms with E-state index in [1.165, 1.54) is 18.3 Å². The SMILES string of the molecule is CC(C)=C/C(=C\C(=C/N)c1cnc2[nH]nc(-c3cc4c(-c5ccc(F)cc5)cccc4[nH]3)c2c1)NC(=O)c1ccccc1. The van der Waals surface area contributed by atoms with Gasteiger partial charge in [-0.1, -0.05) is 48.0 Å². The highest BCUT2D eigenvalue weighted by atomic mass is 19.1. The smallest absolute Gasteiger partial charge is 0.255 e. The van der Waals surface area contributed by atoms with Crippen LogP contribution in [-0.2, 0) is 0 Å². The molecular weight excluding hydrogens is 539 g/mol. The van der Waals surface area contributed by atoms with Crippen molar-refractivity contribution in [3.05, 3.63) is 138 Å². The highest BCUT2D eigenvalue weighted by Crippen LogP contribution is 2.34. The Kier molecular flexibility index (Phi) is 7.41. The Labute approximate surface area is 247 Å². The molecule has 0 aliphatic carbocycles. The molecule has 0 aliphatic heterocycles. The van der Waals surface area contributed by atoms with Gasteiger partial charge in [-0.05, 0) is 79.6 Å². The molecule has 0 aliphatic rings. The molecule has 3 aromatic heterocycles. The van der Waals surface area contributed by atoms with Crippen molar-refractivity contribution in [3.8, 4) is 22.5 Å². The van der Waals surface area contributed by atoms with E-state index in [1.54, 1.807) is 30.5 Å². The Morgan fingerprint density at radius 2 is 1.70 bits per heavy atom. The fraction of sp³-hybridized carbons (Fsp3) is 0.0571. The lowest BCUT2D eigenvalue weighted by atomic mass is 10.0. The summed E-state index contributed by atoms with van der Waals surface area (Å²) in [5.41, 5.74) is 14.7. The first-order valence-corrected chi connectivity index (χ1v) is 13.8. The lowest BCUT2D eigenvalue weighted by Gasteiger charge is -2.10. The van der Waals surface area contributed by atoms with Crippen molar-refractivity contribution < 1.29 is 9.18 Å². The molecule has 7 nitrogen and oxygen atoms in total. The van der Waals surface area contributed by atoms with Crippen molar-refractivity contribution in [2.24, 2.45) is 5.73 Å². The van der Waals surface area contributed by atoms with Crippen LogP contribution in [0.25, 0.3) is 50.0 Å². The van der Waals surface area contributed by atoms with Crippen LogP contribution >= 0.6 is 0 Å². The van der Waals surface area contributed by atoms with Gasteiger partial charge in [0.1, 0.15) is 11.5 Å². The quantitative estimate of drug-likeness (QED) is 0.149. The number of hydrogen-bond acceptors (Lipinski definition) is 4. The number of nitrogens with one attached hydrogen (secondary N) is 3. The van der Waals surface area contributed by atoms with Gasteiger partial charge in [0.25, 0.3) is 5.91 Å². The highest BCUT2D eigenvalue weighted by Gasteiger charge is 2.16. The van der Waals surface area contributed by atoms with E-state index in [1.807, 2.05) is 74.5 Å². The second-order valence-electron chi connectivity index (χ2n) is 10.4. The molecule has 0 spiro atoms. The summed E-state index contributed by atoms with van der Waals surface area (Å²) >= 11 is 0. The molecule has 6 rings (SSSR count). The lowest BCUT2D eigenvalue weighted by molar-refractivity contribution is 0.0967. The second-order valence-corrected chi connectivity index (χ2v) is 10.4. The van der Waals surface area contributed by atoms with Crippen molar-refractivity contribution >= 4 is 33.4 Å². The largest absolute Gasteiger partial charge is 0.404 e. The predicted molar refractivity (Wildman–Crippen MR) is 170 cm³/mol. The van der Waals surface area contributed by atoms with Gasteiger partial charge in [0.05, 0.1) is 5.69 Å². The van der Waals surface area contributed by atoms with Gasteiger partial charge in [0, 0.05) is 51.1 Å². The molecule has 43 heavy (non-hydrogen) atoms. The minimum Gasteiger partial charge on any atom is -0.404 e. The molecule has 8 heteroatoms. The van der Waals surface area contributed by atoms with Crippen LogP contribution in [0.4, 0.5) is 4.39 Å². The van der Waals surface area contributed by atoms with Crippen LogP contribution < -0.4 is 11.1 Å². The second kappa shape index (κ2) is 11.6. The van der Waals surface area contributed by atoms with Crippen LogP contribution in [0, 0.1) is 5.82 Å². The van der Waals surface area contributed by atoms with Gasteiger partial charge < -0.3 is 16.0 Å². The van der Waals surface area contributed by atoms with E-state index in [4.69, 9.17) is 5.73 Å². The van der Waals surface area contributed by atoms with Gasteiger partial charge in [0.15, 0.2) is 5.65 Å². The zero-order valence-corrected chi connectivity index (χ0v) is 23.7. The van der Waals surface area contributed by atoms with Crippen LogP contribution in [0.5, 0.6) is 0 Å². The summed E-state index contributed by atoms with van der Waals surface area (Å²) in [6.45, 7) is 3.92. The number of nitrogens with zero attached hydrogens (tertiary/aromatic N) is 2. The monoisotopic (exact) mass is 568 g/mol. The summed E-state index contributed by atoms with van der Waals surface area (Å²) in [7, 11) is 0. The molecule has 0 bridgehead atoms. The van der Waals surface area contributed by atoms with Crippen LogP contribution in [0.3, 0.4) is 0 Å². The Morgan fingerprint density at radius 1 is 0.907 bits per heavy atom. The molecule has 1 amide bonds. The number of aromatic nitrogens is 4. The number of amides is 1. The number of H-pyrrole nitrogens is 2. The minimum atomic E-state index is -0.274. The predicted octanol–water partition coefficient (Wildman–Crippen LogP) is 7.49. The van der Waals surface area contributed by atoms with Crippen molar-refractivity contribution in [2.75, 3.05) is 0 Å². The van der Waals surface area contributed by atoms with Crippen molar-refractivity contribution in [3.63, 3.8) is 0 Å². The van der Waals surface area contributed by atoms with Crippen LogP contribution in [0.2, 0.25) is 0 Å². The summed E-state index contributed by atoms with van der Waals surface area (Å²) < 4.78 is 13.6. The lowest BCUT2D eigenvalue weighted by Crippen LogP contribution is -2.22. The number of nitrogens with two attached hydrogens (primary N) is 1. The molecule has 0 fully saturated rings. The number of rotatable bonds is 7. The normalized spacial score (nSPS) is 12.1. The molecule has 6 aromatic rings. The number of fused-ring (bicyclic) bond motifs is 2. The minimum absolute atomic E-state index is 0.217. The number of carbonyl (C=O) groups is 1. The van der Waals surface area contributed by atoms with Crippen molar-refractivity contribution in [1.82, 2.24) is 25.5 Å². The third-order valence-corrected chi connectivity index (χ3v) is 7.05. The van der Waals surface area contributed by atoms with E-state index in [0.717, 1.165) is 44.2 Å². The molecule has 0 unspecified atom stereocenters. The van der Waals surface area contributed by atoms with Crippen LogP contribution in [0.15, 0.2) is 121 Å². The van der Waals surface area contributed by atoms with Crippen LogP contribution in [-0.4, -0.2) is 26.1 Å². The zero-order chi connectivity index (χ0) is 29.9. The molecule has 0 radical (unpaired) electrons. The Hall–Kier alpha value is -5.76. The average Bonchev–Trinajstić information content (AvgIpc) is 3.64. The number of allylic oxidation sites excluding steroid dienone is 4. The van der Waals surface area contributed by atoms with Gasteiger partial charge in [-0.3, -0.25) is 9.89 Å². The van der Waals surface area contributed by atoms with E-state index in [-0.39, 0.29) is 11.7 Å². The molecule has 0 saturated heterocycles. The van der Waals surface area contributed by atoms with E-state index < -0.39 is 0 Å². The maximum atomic E-state index is 13.6. The highest BCUT2D eigenvalue weighted by molar-refractivity contribution is 6.01. The summed E-state index contributed by atoms with van der Waals surface area (Å²) in [6, 6.07) is 25.5. The third-order valence-electron chi connectivity index (χ3n) is 7.05. The van der Waals surface area contributed by atoms with Gasteiger partial charge >= 0.3 is 0 Å². The first-order chi connectivity index (χ1) is 20.9. The van der Waals surface area contributed by atoms with Crippen molar-refractivity contribution in [2.45, 2.75) is 13.8 Å². The molecule has 0 atom stereocenters. The maximum Gasteiger partial charge on any atom is 0.255 e. The molecule has 3 aromatic carbocycles. The third kappa shape index (κ3) is 5.71. The number of pyridine rings is 1. The van der Waals surface area contributed by atoms with Gasteiger partial charge in [-0.25, -0.2) is 9.37 Å². The first-order valence-electron chi connectivity index (χ1n) is 13.8. The Balaban J connectivity index is 1.38. The fourth-order valence-electron chi connectivity index (χ4n) is 5.04. The maximum absolute atomic E-state index is 13.6. The summed E-state index contributed by atoms with van der Waals surface area (Å²) in [5, 5.41) is 12.4. The number of halogens is 1. The van der Waals surface area contributed by atoms with Gasteiger partial charge in [-0.15, -0.1) is 0 Å². The average molecular weight is 569 g/mol. The number of hydrogen-bond donors (Lipinski definition) is 4. The molecular formula is C35H29FN6O. The number of carbonyl (C=O) groups excluding carboxylic acids is 1. The number of benzene rings is 3. The fourth-order valence-corrected chi connectivity index (χ4v) is 5.04. The van der Waals surface area contributed by atoms with E-state index >= 15 is 0 Å². The zero-order valence-electron chi connectivity index (χ0n) is 23.7. The molecule has 3 heterocycles. The first kappa shape index (κ1) is 27.4. The molecule has 5 N–H and O–H groups in total. The van der Waals surface area contributed by atoms with Crippen LogP contribution in [0.1, 0.15) is 29.8 Å². The Morgan fingerprint density at radius 3 is 2.44 bits per heavy atom.